The number of hydrogen-bond donors (Lipinski definition) is 1. The predicted molar refractivity (Wildman–Crippen MR) is 99.4 cm³/mol. The minimum Gasteiger partial charge on any atom is -0.485 e. The molecule has 1 aliphatic rings. The predicted octanol–water partition coefficient (Wildman–Crippen LogP) is 3.09. The first-order chi connectivity index (χ1) is 12.6. The van der Waals surface area contributed by atoms with E-state index in [1.165, 1.54) is 19.3 Å². The van der Waals surface area contributed by atoms with Crippen LogP contribution in [0.5, 0.6) is 5.75 Å². The van der Waals surface area contributed by atoms with Crippen molar-refractivity contribution < 1.29 is 14.1 Å². The lowest BCUT2D eigenvalue weighted by Gasteiger charge is -2.26. The summed E-state index contributed by atoms with van der Waals surface area (Å²) in [5, 5.41) is 6.76. The summed E-state index contributed by atoms with van der Waals surface area (Å²) in [6.07, 6.45) is 3.82. The number of likely N-dealkylation sites (tertiary alicyclic amines) is 1. The maximum atomic E-state index is 12.2. The van der Waals surface area contributed by atoms with Crippen molar-refractivity contribution in [3.05, 3.63) is 46.8 Å². The number of amides is 1. The number of ether oxygens (including phenoxy) is 1. The Hall–Kier alpha value is -2.34. The van der Waals surface area contributed by atoms with E-state index in [1.54, 1.807) is 6.07 Å². The fraction of sp³-hybridized carbons (Fsp3) is 0.500. The van der Waals surface area contributed by atoms with E-state index in [-0.39, 0.29) is 12.5 Å². The summed E-state index contributed by atoms with van der Waals surface area (Å²) in [6.45, 7) is 8.02. The topological polar surface area (TPSA) is 67.6 Å². The van der Waals surface area contributed by atoms with Crippen molar-refractivity contribution in [2.75, 3.05) is 26.2 Å². The van der Waals surface area contributed by atoms with Crippen LogP contribution in [0.15, 0.2) is 28.8 Å². The van der Waals surface area contributed by atoms with E-state index in [0.717, 1.165) is 36.5 Å². The number of aromatic nitrogens is 1. The fourth-order valence-electron chi connectivity index (χ4n) is 3.10. The highest BCUT2D eigenvalue weighted by atomic mass is 16.5. The highest BCUT2D eigenvalue weighted by Crippen LogP contribution is 2.20. The molecule has 1 fully saturated rings. The van der Waals surface area contributed by atoms with Gasteiger partial charge >= 0.3 is 0 Å². The van der Waals surface area contributed by atoms with Crippen LogP contribution in [-0.2, 0) is 6.61 Å². The number of aryl methyl sites for hydroxylation is 2. The molecule has 1 aliphatic heterocycles. The maximum absolute atomic E-state index is 12.2. The molecule has 2 aromatic rings. The van der Waals surface area contributed by atoms with Crippen molar-refractivity contribution in [3.8, 4) is 5.75 Å². The first-order valence-electron chi connectivity index (χ1n) is 9.28. The van der Waals surface area contributed by atoms with Crippen LogP contribution in [-0.4, -0.2) is 42.1 Å². The van der Waals surface area contributed by atoms with E-state index in [0.29, 0.717) is 18.0 Å². The van der Waals surface area contributed by atoms with Gasteiger partial charge in [0.2, 0.25) is 0 Å². The van der Waals surface area contributed by atoms with Crippen LogP contribution < -0.4 is 10.1 Å². The number of rotatable bonds is 7. The van der Waals surface area contributed by atoms with E-state index in [2.05, 4.69) is 15.4 Å². The van der Waals surface area contributed by atoms with Gasteiger partial charge in [-0.15, -0.1) is 0 Å². The van der Waals surface area contributed by atoms with Crippen LogP contribution in [0.2, 0.25) is 0 Å². The molecule has 3 rings (SSSR count). The van der Waals surface area contributed by atoms with Crippen molar-refractivity contribution in [3.63, 3.8) is 0 Å². The minimum absolute atomic E-state index is 0.205. The Balaban J connectivity index is 1.46. The lowest BCUT2D eigenvalue weighted by Crippen LogP contribution is -2.37. The highest BCUT2D eigenvalue weighted by Gasteiger charge is 2.14. The summed E-state index contributed by atoms with van der Waals surface area (Å²) in [7, 11) is 0. The molecule has 0 unspecified atom stereocenters. The van der Waals surface area contributed by atoms with Gasteiger partial charge in [-0.05, 0) is 57.0 Å². The average molecular weight is 357 g/mol. The molecule has 1 aromatic carbocycles. The number of carbonyl (C=O) groups is 1. The number of benzene rings is 1. The summed E-state index contributed by atoms with van der Waals surface area (Å²) in [5.41, 5.74) is 2.49. The number of nitrogens with one attached hydrogen (secondary N) is 1. The zero-order valence-electron chi connectivity index (χ0n) is 15.6. The van der Waals surface area contributed by atoms with Crippen molar-refractivity contribution in [1.29, 1.82) is 0 Å². The van der Waals surface area contributed by atoms with Crippen LogP contribution in [0.4, 0.5) is 0 Å². The summed E-state index contributed by atoms with van der Waals surface area (Å²) in [4.78, 5) is 14.6. The van der Waals surface area contributed by atoms with Crippen LogP contribution in [0.3, 0.4) is 0 Å². The number of carbonyl (C=O) groups excluding carboxylic acids is 1. The largest absolute Gasteiger partial charge is 0.485 e. The molecule has 6 heteroatoms. The van der Waals surface area contributed by atoms with Gasteiger partial charge in [0.25, 0.3) is 5.91 Å². The van der Waals surface area contributed by atoms with Gasteiger partial charge in [-0.3, -0.25) is 4.79 Å². The maximum Gasteiger partial charge on any atom is 0.273 e. The number of nitrogens with zero attached hydrogens (tertiary/aromatic N) is 2. The monoisotopic (exact) mass is 357 g/mol. The van der Waals surface area contributed by atoms with Gasteiger partial charge in [0, 0.05) is 19.2 Å². The molecule has 0 saturated carbocycles. The Kier molecular flexibility index (Phi) is 6.28. The van der Waals surface area contributed by atoms with Gasteiger partial charge in [0.05, 0.1) is 0 Å². The molecule has 0 atom stereocenters. The Labute approximate surface area is 154 Å². The Morgan fingerprint density at radius 1 is 1.23 bits per heavy atom. The standard InChI is InChI=1S/C20H27N3O3/c1-15-6-7-16(2)19(12-15)25-14-17-13-18(22-26-17)20(24)21-8-11-23-9-4-3-5-10-23/h6-7,12-13H,3-5,8-11,14H2,1-2H3,(H,21,24). The second-order valence-electron chi connectivity index (χ2n) is 6.89. The van der Waals surface area contributed by atoms with Crippen LogP contribution in [0.25, 0.3) is 0 Å². The molecule has 1 aromatic heterocycles. The lowest BCUT2D eigenvalue weighted by atomic mass is 10.1. The summed E-state index contributed by atoms with van der Waals surface area (Å²) < 4.78 is 11.0. The van der Waals surface area contributed by atoms with Gasteiger partial charge in [-0.1, -0.05) is 23.7 Å². The van der Waals surface area contributed by atoms with Crippen LogP contribution in [0, 0.1) is 13.8 Å². The van der Waals surface area contributed by atoms with E-state index >= 15 is 0 Å². The number of hydrogen-bond acceptors (Lipinski definition) is 5. The molecule has 1 saturated heterocycles. The normalized spacial score (nSPS) is 15.0. The van der Waals surface area contributed by atoms with Gasteiger partial charge < -0.3 is 19.5 Å². The fourth-order valence-corrected chi connectivity index (χ4v) is 3.10. The molecule has 1 N–H and O–H groups in total. The molecular weight excluding hydrogens is 330 g/mol. The zero-order chi connectivity index (χ0) is 18.4. The molecule has 0 radical (unpaired) electrons. The quantitative estimate of drug-likeness (QED) is 0.825. The summed E-state index contributed by atoms with van der Waals surface area (Å²) >= 11 is 0. The second kappa shape index (κ2) is 8.85. The molecule has 0 aliphatic carbocycles. The molecule has 2 heterocycles. The van der Waals surface area contributed by atoms with E-state index in [4.69, 9.17) is 9.26 Å². The van der Waals surface area contributed by atoms with Gasteiger partial charge in [0.1, 0.15) is 12.4 Å². The Morgan fingerprint density at radius 2 is 2.04 bits per heavy atom. The van der Waals surface area contributed by atoms with Crippen molar-refractivity contribution in [2.45, 2.75) is 39.7 Å². The van der Waals surface area contributed by atoms with E-state index in [9.17, 15) is 4.79 Å². The molecule has 26 heavy (non-hydrogen) atoms. The SMILES string of the molecule is Cc1ccc(C)c(OCc2cc(C(=O)NCCN3CCCCC3)no2)c1. The Bertz CT molecular complexity index is 736. The van der Waals surface area contributed by atoms with Gasteiger partial charge in [0.15, 0.2) is 11.5 Å². The van der Waals surface area contributed by atoms with Gasteiger partial charge in [-0.2, -0.15) is 0 Å². The minimum atomic E-state index is -0.205. The molecule has 6 nitrogen and oxygen atoms in total. The first-order valence-corrected chi connectivity index (χ1v) is 9.28. The molecular formula is C20H27N3O3. The lowest BCUT2D eigenvalue weighted by molar-refractivity contribution is 0.0937. The number of piperidine rings is 1. The Morgan fingerprint density at radius 3 is 2.85 bits per heavy atom. The molecule has 0 spiro atoms. The third-order valence-electron chi connectivity index (χ3n) is 4.67. The smallest absolute Gasteiger partial charge is 0.273 e. The van der Waals surface area contributed by atoms with Crippen LogP contribution in [0.1, 0.15) is 46.6 Å². The molecule has 140 valence electrons. The molecule has 1 amide bonds. The summed E-state index contributed by atoms with van der Waals surface area (Å²) in [5.74, 6) is 1.14. The van der Waals surface area contributed by atoms with E-state index in [1.807, 2.05) is 32.0 Å². The second-order valence-corrected chi connectivity index (χ2v) is 6.89. The van der Waals surface area contributed by atoms with Gasteiger partial charge in [-0.25, -0.2) is 0 Å². The average Bonchev–Trinajstić information content (AvgIpc) is 3.12. The summed E-state index contributed by atoms with van der Waals surface area (Å²) in [6, 6.07) is 7.69. The molecule has 0 bridgehead atoms. The van der Waals surface area contributed by atoms with Crippen molar-refractivity contribution >= 4 is 5.91 Å². The third kappa shape index (κ3) is 5.08. The van der Waals surface area contributed by atoms with Crippen molar-refractivity contribution in [1.82, 2.24) is 15.4 Å². The van der Waals surface area contributed by atoms with E-state index < -0.39 is 0 Å². The first kappa shape index (κ1) is 18.5. The zero-order valence-corrected chi connectivity index (χ0v) is 15.6. The van der Waals surface area contributed by atoms with Crippen LogP contribution >= 0.6 is 0 Å². The van der Waals surface area contributed by atoms with Crippen molar-refractivity contribution in [2.24, 2.45) is 0 Å². The third-order valence-corrected chi connectivity index (χ3v) is 4.67. The highest BCUT2D eigenvalue weighted by molar-refractivity contribution is 5.92.